The van der Waals surface area contributed by atoms with Gasteiger partial charge in [0.25, 0.3) is 0 Å². The van der Waals surface area contributed by atoms with Crippen molar-refractivity contribution in [3.05, 3.63) is 45.9 Å². The van der Waals surface area contributed by atoms with Crippen LogP contribution in [0.4, 0.5) is 14.5 Å². The van der Waals surface area contributed by atoms with E-state index in [1.807, 2.05) is 6.92 Å². The predicted octanol–water partition coefficient (Wildman–Crippen LogP) is 4.11. The van der Waals surface area contributed by atoms with Crippen LogP contribution >= 0.6 is 35.3 Å². The Balaban J connectivity index is 0.00000300. The fourth-order valence-corrected chi connectivity index (χ4v) is 4.20. The number of halogens is 3. The number of thiazole rings is 1. The topological polar surface area (TPSA) is 52.6 Å². The van der Waals surface area contributed by atoms with Crippen LogP contribution in [0.25, 0.3) is 0 Å². The third kappa shape index (κ3) is 6.77. The summed E-state index contributed by atoms with van der Waals surface area (Å²) >= 11 is 1.71. The van der Waals surface area contributed by atoms with Crippen molar-refractivity contribution in [3.8, 4) is 0 Å². The average molecular weight is 535 g/mol. The molecule has 1 saturated heterocycles. The number of hydrogen-bond donors (Lipinski definition) is 2. The van der Waals surface area contributed by atoms with Crippen molar-refractivity contribution in [2.24, 2.45) is 4.99 Å². The van der Waals surface area contributed by atoms with E-state index in [1.165, 1.54) is 23.2 Å². The lowest BCUT2D eigenvalue weighted by molar-refractivity contribution is 0.575. The fourth-order valence-electron chi connectivity index (χ4n) is 3.39. The number of hydrogen-bond acceptors (Lipinski definition) is 4. The van der Waals surface area contributed by atoms with Gasteiger partial charge in [-0.1, -0.05) is 6.07 Å². The highest BCUT2D eigenvalue weighted by molar-refractivity contribution is 14.0. The SMILES string of the molecule is CN=C(NCCCCc1nc(C)cs1)NC1CCN(c2c(F)cccc2F)C1.I. The molecule has 1 aromatic heterocycles. The summed E-state index contributed by atoms with van der Waals surface area (Å²) in [5.74, 6) is -0.303. The van der Waals surface area contributed by atoms with Crippen LogP contribution in [0.3, 0.4) is 0 Å². The number of nitrogens with one attached hydrogen (secondary N) is 2. The van der Waals surface area contributed by atoms with Crippen molar-refractivity contribution < 1.29 is 8.78 Å². The van der Waals surface area contributed by atoms with Crippen molar-refractivity contribution >= 4 is 47.0 Å². The minimum atomic E-state index is -0.515. The molecule has 1 unspecified atom stereocenters. The average Bonchev–Trinajstić information content (AvgIpc) is 3.29. The van der Waals surface area contributed by atoms with E-state index in [0.717, 1.165) is 43.9 Å². The first-order valence-electron chi connectivity index (χ1n) is 9.64. The van der Waals surface area contributed by atoms with Crippen LogP contribution in [0.15, 0.2) is 28.6 Å². The first kappa shape index (κ1) is 23.8. The molecule has 0 bridgehead atoms. The van der Waals surface area contributed by atoms with Crippen molar-refractivity contribution in [1.29, 1.82) is 0 Å². The maximum Gasteiger partial charge on any atom is 0.191 e. The van der Waals surface area contributed by atoms with Crippen molar-refractivity contribution in [3.63, 3.8) is 0 Å². The highest BCUT2D eigenvalue weighted by Gasteiger charge is 2.27. The number of unbranched alkanes of at least 4 members (excludes halogenated alkanes) is 1. The number of aromatic nitrogens is 1. The molecule has 29 heavy (non-hydrogen) atoms. The normalized spacial score (nSPS) is 16.6. The molecule has 2 heterocycles. The van der Waals surface area contributed by atoms with E-state index >= 15 is 0 Å². The molecule has 2 N–H and O–H groups in total. The van der Waals surface area contributed by atoms with E-state index in [4.69, 9.17) is 0 Å². The molecule has 9 heteroatoms. The molecule has 2 aromatic rings. The molecule has 1 aliphatic heterocycles. The first-order valence-corrected chi connectivity index (χ1v) is 10.5. The Bertz CT molecular complexity index is 794. The molecule has 0 aliphatic carbocycles. The van der Waals surface area contributed by atoms with E-state index < -0.39 is 11.6 Å². The summed E-state index contributed by atoms with van der Waals surface area (Å²) in [6.07, 6.45) is 3.90. The summed E-state index contributed by atoms with van der Waals surface area (Å²) < 4.78 is 28.0. The zero-order chi connectivity index (χ0) is 19.9. The Morgan fingerprint density at radius 2 is 2.07 bits per heavy atom. The van der Waals surface area contributed by atoms with Gasteiger partial charge in [-0.2, -0.15) is 0 Å². The summed E-state index contributed by atoms with van der Waals surface area (Å²) in [5.41, 5.74) is 1.15. The van der Waals surface area contributed by atoms with Gasteiger partial charge in [0.15, 0.2) is 5.96 Å². The third-order valence-corrected chi connectivity index (χ3v) is 5.81. The molecular weight excluding hydrogens is 507 g/mol. The Morgan fingerprint density at radius 1 is 1.31 bits per heavy atom. The molecule has 0 amide bonds. The van der Waals surface area contributed by atoms with Gasteiger partial charge in [0.1, 0.15) is 17.3 Å². The van der Waals surface area contributed by atoms with Crippen LogP contribution in [0.1, 0.15) is 30.0 Å². The van der Waals surface area contributed by atoms with E-state index in [2.05, 4.69) is 26.0 Å². The van der Waals surface area contributed by atoms with Gasteiger partial charge in [0, 0.05) is 43.8 Å². The number of aryl methyl sites for hydroxylation is 2. The van der Waals surface area contributed by atoms with Crippen LogP contribution < -0.4 is 15.5 Å². The van der Waals surface area contributed by atoms with Gasteiger partial charge in [-0.3, -0.25) is 4.99 Å². The van der Waals surface area contributed by atoms with Gasteiger partial charge < -0.3 is 15.5 Å². The third-order valence-electron chi connectivity index (χ3n) is 4.78. The first-order chi connectivity index (χ1) is 13.6. The van der Waals surface area contributed by atoms with Crippen molar-refractivity contribution in [2.75, 3.05) is 31.6 Å². The van der Waals surface area contributed by atoms with Crippen LogP contribution in [0.5, 0.6) is 0 Å². The Morgan fingerprint density at radius 3 is 2.72 bits per heavy atom. The maximum atomic E-state index is 14.0. The fraction of sp³-hybridized carbons (Fsp3) is 0.500. The summed E-state index contributed by atoms with van der Waals surface area (Å²) in [4.78, 5) is 10.5. The van der Waals surface area contributed by atoms with E-state index in [-0.39, 0.29) is 35.7 Å². The van der Waals surface area contributed by atoms with E-state index in [9.17, 15) is 8.78 Å². The molecule has 160 valence electrons. The molecule has 0 spiro atoms. The summed E-state index contributed by atoms with van der Waals surface area (Å²) in [7, 11) is 1.73. The monoisotopic (exact) mass is 535 g/mol. The number of aliphatic imine (C=N–C) groups is 1. The lowest BCUT2D eigenvalue weighted by Crippen LogP contribution is -2.45. The molecule has 3 rings (SSSR count). The Labute approximate surface area is 192 Å². The van der Waals surface area contributed by atoms with Crippen molar-refractivity contribution in [1.82, 2.24) is 15.6 Å². The molecule has 1 atom stereocenters. The van der Waals surface area contributed by atoms with Gasteiger partial charge in [0.05, 0.1) is 5.01 Å². The standard InChI is InChI=1S/C20H27F2N5S.HI/c1-14-13-28-18(25-14)8-3-4-10-24-20(23-2)26-15-9-11-27(12-15)19-16(21)6-5-7-17(19)22;/h5-7,13,15H,3-4,8-12H2,1-2H3,(H2,23,24,26);1H. The zero-order valence-corrected chi connectivity index (χ0v) is 19.9. The van der Waals surface area contributed by atoms with E-state index in [1.54, 1.807) is 23.3 Å². The molecule has 1 aliphatic rings. The van der Waals surface area contributed by atoms with Crippen LogP contribution in [0.2, 0.25) is 0 Å². The van der Waals surface area contributed by atoms with Gasteiger partial charge in [-0.25, -0.2) is 13.8 Å². The molecule has 1 fully saturated rings. The number of guanidine groups is 1. The van der Waals surface area contributed by atoms with Gasteiger partial charge >= 0.3 is 0 Å². The minimum absolute atomic E-state index is 0. The second kappa shape index (κ2) is 11.6. The van der Waals surface area contributed by atoms with Crippen molar-refractivity contribution in [2.45, 2.75) is 38.6 Å². The number of anilines is 1. The smallest absolute Gasteiger partial charge is 0.191 e. The number of nitrogens with zero attached hydrogens (tertiary/aromatic N) is 3. The second-order valence-corrected chi connectivity index (χ2v) is 7.93. The maximum absolute atomic E-state index is 14.0. The molecule has 5 nitrogen and oxygen atoms in total. The lowest BCUT2D eigenvalue weighted by Gasteiger charge is -2.21. The number of para-hydroxylation sites is 1. The second-order valence-electron chi connectivity index (χ2n) is 6.98. The Hall–Kier alpha value is -1.49. The van der Waals surface area contributed by atoms with Gasteiger partial charge in [-0.05, 0) is 44.7 Å². The quantitative estimate of drug-likeness (QED) is 0.243. The number of rotatable bonds is 7. The lowest BCUT2D eigenvalue weighted by atomic mass is 10.2. The predicted molar refractivity (Wildman–Crippen MR) is 127 cm³/mol. The summed E-state index contributed by atoms with van der Waals surface area (Å²) in [5, 5.41) is 9.95. The molecular formula is C20H28F2IN5S. The molecule has 0 saturated carbocycles. The van der Waals surface area contributed by atoms with Gasteiger partial charge in [-0.15, -0.1) is 35.3 Å². The molecule has 0 radical (unpaired) electrons. The van der Waals surface area contributed by atoms with Crippen LogP contribution in [-0.2, 0) is 6.42 Å². The number of benzene rings is 1. The van der Waals surface area contributed by atoms with Crippen LogP contribution in [0, 0.1) is 18.6 Å². The molecule has 1 aromatic carbocycles. The van der Waals surface area contributed by atoms with Crippen LogP contribution in [-0.4, -0.2) is 43.7 Å². The zero-order valence-electron chi connectivity index (χ0n) is 16.8. The van der Waals surface area contributed by atoms with Gasteiger partial charge in [0.2, 0.25) is 0 Å². The highest BCUT2D eigenvalue weighted by Crippen LogP contribution is 2.26. The summed E-state index contributed by atoms with van der Waals surface area (Å²) in [6.45, 7) is 3.99. The Kier molecular flexibility index (Phi) is 9.54. The highest BCUT2D eigenvalue weighted by atomic mass is 127. The van der Waals surface area contributed by atoms with E-state index in [0.29, 0.717) is 13.1 Å². The largest absolute Gasteiger partial charge is 0.365 e. The minimum Gasteiger partial charge on any atom is -0.365 e. The summed E-state index contributed by atoms with van der Waals surface area (Å²) in [6, 6.07) is 4.09.